The maximum atomic E-state index is 13.1. The Morgan fingerprint density at radius 2 is 1.89 bits per heavy atom. The Labute approximate surface area is 166 Å². The summed E-state index contributed by atoms with van der Waals surface area (Å²) in [6.45, 7) is 2.62. The Morgan fingerprint density at radius 1 is 1.14 bits per heavy atom. The summed E-state index contributed by atoms with van der Waals surface area (Å²) in [6, 6.07) is 11.6. The first kappa shape index (κ1) is 20.7. The molecule has 1 aromatic carbocycles. The van der Waals surface area contributed by atoms with Gasteiger partial charge in [0, 0.05) is 31.1 Å². The number of hydrogen-bond acceptors (Lipinski definition) is 4. The Balaban J connectivity index is 1.77. The van der Waals surface area contributed by atoms with Crippen LogP contribution < -0.4 is 4.74 Å². The minimum absolute atomic E-state index is 0.176. The minimum atomic E-state index is -4.22. The molecule has 3 rings (SSSR count). The zero-order valence-electron chi connectivity index (χ0n) is 15.7. The molecule has 0 spiro atoms. The summed E-state index contributed by atoms with van der Waals surface area (Å²) < 4.78 is 43.6. The predicted molar refractivity (Wildman–Crippen MR) is 104 cm³/mol. The smallest absolute Gasteiger partial charge is 0.401 e. The molecule has 0 N–H and O–H groups in total. The van der Waals surface area contributed by atoms with E-state index in [1.807, 2.05) is 43.3 Å². The van der Waals surface area contributed by atoms with Crippen molar-refractivity contribution >= 4 is 17.2 Å². The fraction of sp³-hybridized carbons (Fsp3) is 0.450. The fourth-order valence-electron chi connectivity index (χ4n) is 3.26. The normalized spacial score (nSPS) is 16.1. The number of rotatable bonds is 5. The highest BCUT2D eigenvalue weighted by Gasteiger charge is 2.32. The molecule has 2 aromatic rings. The lowest BCUT2D eigenvalue weighted by atomic mass is 10.2. The number of hydrogen-bond donors (Lipinski definition) is 0. The fourth-order valence-corrected chi connectivity index (χ4v) is 4.33. The summed E-state index contributed by atoms with van der Waals surface area (Å²) in [5.74, 6) is 0.359. The number of nitrogens with zero attached hydrogens (tertiary/aromatic N) is 2. The molecule has 8 heteroatoms. The topological polar surface area (TPSA) is 32.8 Å². The van der Waals surface area contributed by atoms with E-state index in [1.54, 1.807) is 4.90 Å². The van der Waals surface area contributed by atoms with E-state index in [0.29, 0.717) is 36.7 Å². The quantitative estimate of drug-likeness (QED) is 0.724. The van der Waals surface area contributed by atoms with Crippen molar-refractivity contribution in [2.75, 3.05) is 39.3 Å². The molecule has 1 aromatic heterocycles. The molecule has 1 aliphatic heterocycles. The summed E-state index contributed by atoms with van der Waals surface area (Å²) >= 11 is 1.36. The molecule has 0 atom stereocenters. The van der Waals surface area contributed by atoms with Gasteiger partial charge in [0.25, 0.3) is 5.91 Å². The number of halogens is 3. The van der Waals surface area contributed by atoms with Crippen LogP contribution in [0.2, 0.25) is 0 Å². The average molecular weight is 412 g/mol. The van der Waals surface area contributed by atoms with Crippen molar-refractivity contribution in [3.05, 3.63) is 41.3 Å². The van der Waals surface area contributed by atoms with Crippen molar-refractivity contribution in [1.29, 1.82) is 0 Å². The zero-order valence-corrected chi connectivity index (χ0v) is 16.5. The standard InChI is InChI=1S/C20H23F3N2O2S/c1-2-27-16-13-17(15-7-4-3-5-8-15)28-18(16)19(26)25-10-6-9-24(11-12-25)14-20(21,22)23/h3-5,7-8,13H,2,6,9-12,14H2,1H3. The first-order valence-corrected chi connectivity index (χ1v) is 10.1. The van der Waals surface area contributed by atoms with Crippen molar-refractivity contribution in [1.82, 2.24) is 9.80 Å². The van der Waals surface area contributed by atoms with Gasteiger partial charge in [-0.05, 0) is 25.0 Å². The Kier molecular flexibility index (Phi) is 6.61. The van der Waals surface area contributed by atoms with Crippen molar-refractivity contribution in [3.8, 4) is 16.2 Å². The highest BCUT2D eigenvalue weighted by Crippen LogP contribution is 2.37. The van der Waals surface area contributed by atoms with Gasteiger partial charge in [-0.15, -0.1) is 11.3 Å². The molecule has 0 unspecified atom stereocenters. The van der Waals surface area contributed by atoms with Crippen LogP contribution in [0.5, 0.6) is 5.75 Å². The third-order valence-electron chi connectivity index (χ3n) is 4.53. The number of benzene rings is 1. The SMILES string of the molecule is CCOc1cc(-c2ccccc2)sc1C(=O)N1CCCN(CC(F)(F)F)CC1. The second-order valence-electron chi connectivity index (χ2n) is 6.64. The van der Waals surface area contributed by atoms with E-state index in [1.165, 1.54) is 16.2 Å². The summed E-state index contributed by atoms with van der Waals surface area (Å²) in [5.41, 5.74) is 1.000. The lowest BCUT2D eigenvalue weighted by Crippen LogP contribution is -2.38. The van der Waals surface area contributed by atoms with Crippen LogP contribution in [0.15, 0.2) is 36.4 Å². The third kappa shape index (κ3) is 5.26. The molecule has 1 aliphatic rings. The van der Waals surface area contributed by atoms with E-state index >= 15 is 0 Å². The van der Waals surface area contributed by atoms with Gasteiger partial charge in [-0.25, -0.2) is 0 Å². The largest absolute Gasteiger partial charge is 0.492 e. The Hall–Kier alpha value is -2.06. The van der Waals surface area contributed by atoms with Crippen molar-refractivity contribution < 1.29 is 22.7 Å². The van der Waals surface area contributed by atoms with E-state index < -0.39 is 12.7 Å². The summed E-state index contributed by atoms with van der Waals surface area (Å²) in [7, 11) is 0. The lowest BCUT2D eigenvalue weighted by Gasteiger charge is -2.22. The number of thiophene rings is 1. The van der Waals surface area contributed by atoms with Gasteiger partial charge in [0.2, 0.25) is 0 Å². The summed E-state index contributed by atoms with van der Waals surface area (Å²) in [5, 5.41) is 0. The molecule has 2 heterocycles. The molecule has 1 fully saturated rings. The van der Waals surface area contributed by atoms with Gasteiger partial charge < -0.3 is 9.64 Å². The molecule has 0 aliphatic carbocycles. The number of alkyl halides is 3. The highest BCUT2D eigenvalue weighted by atomic mass is 32.1. The lowest BCUT2D eigenvalue weighted by molar-refractivity contribution is -0.145. The number of amides is 1. The van der Waals surface area contributed by atoms with E-state index in [4.69, 9.17) is 4.74 Å². The predicted octanol–water partition coefficient (Wildman–Crippen LogP) is 4.52. The van der Waals surface area contributed by atoms with E-state index in [0.717, 1.165) is 10.4 Å². The first-order valence-electron chi connectivity index (χ1n) is 9.28. The number of carbonyl (C=O) groups is 1. The maximum Gasteiger partial charge on any atom is 0.401 e. The van der Waals surface area contributed by atoms with Gasteiger partial charge in [-0.2, -0.15) is 13.2 Å². The maximum absolute atomic E-state index is 13.1. The van der Waals surface area contributed by atoms with Gasteiger partial charge in [0.1, 0.15) is 10.6 Å². The van der Waals surface area contributed by atoms with Crippen molar-refractivity contribution in [2.45, 2.75) is 19.5 Å². The Bertz CT molecular complexity index is 792. The van der Waals surface area contributed by atoms with Gasteiger partial charge >= 0.3 is 6.18 Å². The molecule has 28 heavy (non-hydrogen) atoms. The first-order chi connectivity index (χ1) is 13.4. The van der Waals surface area contributed by atoms with Crippen molar-refractivity contribution in [3.63, 3.8) is 0 Å². The van der Waals surface area contributed by atoms with Gasteiger partial charge in [-0.1, -0.05) is 30.3 Å². The average Bonchev–Trinajstić information content (AvgIpc) is 2.94. The molecule has 0 saturated carbocycles. The van der Waals surface area contributed by atoms with Crippen molar-refractivity contribution in [2.24, 2.45) is 0 Å². The molecular formula is C20H23F3N2O2S. The van der Waals surface area contributed by atoms with Crippen LogP contribution in [0.1, 0.15) is 23.0 Å². The van der Waals surface area contributed by atoms with Crippen LogP contribution >= 0.6 is 11.3 Å². The van der Waals surface area contributed by atoms with Gasteiger partial charge in [-0.3, -0.25) is 9.69 Å². The third-order valence-corrected chi connectivity index (χ3v) is 5.68. The molecule has 4 nitrogen and oxygen atoms in total. The second-order valence-corrected chi connectivity index (χ2v) is 7.69. The van der Waals surface area contributed by atoms with E-state index in [-0.39, 0.29) is 19.0 Å². The molecule has 1 saturated heterocycles. The van der Waals surface area contributed by atoms with Crippen LogP contribution in [0.25, 0.3) is 10.4 Å². The van der Waals surface area contributed by atoms with Gasteiger partial charge in [0.15, 0.2) is 0 Å². The van der Waals surface area contributed by atoms with E-state index in [2.05, 4.69) is 0 Å². The highest BCUT2D eigenvalue weighted by molar-refractivity contribution is 7.17. The zero-order chi connectivity index (χ0) is 20.1. The summed E-state index contributed by atoms with van der Waals surface area (Å²) in [6.07, 6.45) is -3.71. The van der Waals surface area contributed by atoms with Crippen LogP contribution in [-0.4, -0.2) is 61.2 Å². The van der Waals surface area contributed by atoms with Crippen LogP contribution in [0, 0.1) is 0 Å². The molecule has 152 valence electrons. The monoisotopic (exact) mass is 412 g/mol. The van der Waals surface area contributed by atoms with Crippen LogP contribution in [-0.2, 0) is 0 Å². The molecular weight excluding hydrogens is 389 g/mol. The number of carbonyl (C=O) groups excluding carboxylic acids is 1. The molecule has 1 amide bonds. The molecule has 0 bridgehead atoms. The Morgan fingerprint density at radius 3 is 2.57 bits per heavy atom. The number of ether oxygens (including phenoxy) is 1. The minimum Gasteiger partial charge on any atom is -0.492 e. The molecule has 0 radical (unpaired) electrons. The van der Waals surface area contributed by atoms with Crippen LogP contribution in [0.3, 0.4) is 0 Å². The second kappa shape index (κ2) is 8.96. The van der Waals surface area contributed by atoms with Gasteiger partial charge in [0.05, 0.1) is 13.2 Å². The van der Waals surface area contributed by atoms with Crippen LogP contribution in [0.4, 0.5) is 13.2 Å². The summed E-state index contributed by atoms with van der Waals surface area (Å²) in [4.78, 5) is 17.5. The van der Waals surface area contributed by atoms with E-state index in [9.17, 15) is 18.0 Å².